The Morgan fingerprint density at radius 1 is 1.30 bits per heavy atom. The van der Waals surface area contributed by atoms with Crippen molar-refractivity contribution in [2.45, 2.75) is 6.42 Å². The Morgan fingerprint density at radius 3 is 2.40 bits per heavy atom. The molecule has 0 unspecified atom stereocenters. The van der Waals surface area contributed by atoms with Gasteiger partial charge in [0.1, 0.15) is 0 Å². The van der Waals surface area contributed by atoms with Gasteiger partial charge in [0, 0.05) is 31.6 Å². The van der Waals surface area contributed by atoms with E-state index in [0.717, 1.165) is 13.1 Å². The lowest BCUT2D eigenvalue weighted by atomic mass is 9.80. The lowest BCUT2D eigenvalue weighted by Crippen LogP contribution is -2.55. The first-order valence-corrected chi connectivity index (χ1v) is 3.88. The van der Waals surface area contributed by atoms with Crippen LogP contribution >= 0.6 is 0 Å². The summed E-state index contributed by atoms with van der Waals surface area (Å²) in [5.74, 6) is 5.68. The maximum atomic E-state index is 5.68. The van der Waals surface area contributed by atoms with Crippen LogP contribution in [0.5, 0.6) is 0 Å². The van der Waals surface area contributed by atoms with Crippen LogP contribution < -0.4 is 5.84 Å². The van der Waals surface area contributed by atoms with Gasteiger partial charge in [-0.25, -0.2) is 5.01 Å². The predicted molar refractivity (Wildman–Crippen MR) is 40.3 cm³/mol. The van der Waals surface area contributed by atoms with Gasteiger partial charge in [0.05, 0.1) is 0 Å². The first-order valence-electron chi connectivity index (χ1n) is 3.88. The van der Waals surface area contributed by atoms with E-state index in [-0.39, 0.29) is 0 Å². The third-order valence-corrected chi connectivity index (χ3v) is 2.68. The van der Waals surface area contributed by atoms with Crippen LogP contribution in [0.4, 0.5) is 0 Å². The van der Waals surface area contributed by atoms with Crippen molar-refractivity contribution in [1.29, 1.82) is 0 Å². The van der Waals surface area contributed by atoms with Crippen LogP contribution in [0.25, 0.3) is 0 Å². The van der Waals surface area contributed by atoms with E-state index < -0.39 is 0 Å². The standard InChI is InChI=1S/C7H15N3/c1-9-4-7(5-9)2-3-10(8)6-7/h2-6,8H2,1H3. The maximum Gasteiger partial charge on any atom is 0.0210 e. The molecular formula is C7H15N3. The van der Waals surface area contributed by atoms with Gasteiger partial charge in [-0.3, -0.25) is 5.84 Å². The number of rotatable bonds is 0. The van der Waals surface area contributed by atoms with Gasteiger partial charge in [0.15, 0.2) is 0 Å². The largest absolute Gasteiger partial charge is 0.305 e. The van der Waals surface area contributed by atoms with Gasteiger partial charge < -0.3 is 4.90 Å². The third-order valence-electron chi connectivity index (χ3n) is 2.68. The molecule has 1 spiro atoms. The highest BCUT2D eigenvalue weighted by molar-refractivity contribution is 4.98. The molecule has 0 radical (unpaired) electrons. The van der Waals surface area contributed by atoms with Crippen molar-refractivity contribution < 1.29 is 0 Å². The fraction of sp³-hybridized carbons (Fsp3) is 1.00. The fourth-order valence-corrected chi connectivity index (χ4v) is 2.33. The quantitative estimate of drug-likeness (QED) is 0.461. The first kappa shape index (κ1) is 6.58. The predicted octanol–water partition coefficient (Wildman–Crippen LogP) is -0.502. The molecule has 10 heavy (non-hydrogen) atoms. The van der Waals surface area contributed by atoms with Gasteiger partial charge in [0.2, 0.25) is 0 Å². The summed E-state index contributed by atoms with van der Waals surface area (Å²) < 4.78 is 0. The molecule has 3 nitrogen and oxygen atoms in total. The summed E-state index contributed by atoms with van der Waals surface area (Å²) in [6.45, 7) is 4.70. The normalized spacial score (nSPS) is 33.0. The van der Waals surface area contributed by atoms with E-state index in [1.807, 2.05) is 5.01 Å². The van der Waals surface area contributed by atoms with Crippen molar-refractivity contribution in [2.75, 3.05) is 33.2 Å². The van der Waals surface area contributed by atoms with Crippen molar-refractivity contribution in [3.05, 3.63) is 0 Å². The average Bonchev–Trinajstić information content (AvgIpc) is 2.10. The summed E-state index contributed by atoms with van der Waals surface area (Å²) in [5, 5.41) is 1.95. The zero-order valence-corrected chi connectivity index (χ0v) is 6.51. The third kappa shape index (κ3) is 0.856. The van der Waals surface area contributed by atoms with Crippen LogP contribution in [-0.2, 0) is 0 Å². The van der Waals surface area contributed by atoms with Crippen LogP contribution in [-0.4, -0.2) is 43.1 Å². The van der Waals surface area contributed by atoms with Crippen molar-refractivity contribution >= 4 is 0 Å². The Bertz CT molecular complexity index is 134. The lowest BCUT2D eigenvalue weighted by Gasteiger charge is -2.45. The van der Waals surface area contributed by atoms with E-state index in [4.69, 9.17) is 5.84 Å². The van der Waals surface area contributed by atoms with Crippen molar-refractivity contribution in [1.82, 2.24) is 9.91 Å². The molecule has 2 aliphatic heterocycles. The van der Waals surface area contributed by atoms with Crippen LogP contribution in [0.1, 0.15) is 6.42 Å². The van der Waals surface area contributed by atoms with E-state index in [2.05, 4.69) is 11.9 Å². The number of nitrogens with two attached hydrogens (primary N) is 1. The zero-order chi connectivity index (χ0) is 7.19. The molecule has 0 aliphatic carbocycles. The molecule has 0 aromatic carbocycles. The topological polar surface area (TPSA) is 32.5 Å². The Balaban J connectivity index is 1.95. The minimum atomic E-state index is 0.587. The van der Waals surface area contributed by atoms with E-state index in [0.29, 0.717) is 5.41 Å². The summed E-state index contributed by atoms with van der Waals surface area (Å²) in [4.78, 5) is 2.36. The Kier molecular flexibility index (Phi) is 1.27. The molecule has 0 atom stereocenters. The zero-order valence-electron chi connectivity index (χ0n) is 6.51. The molecule has 2 aliphatic rings. The summed E-state index contributed by atoms with van der Waals surface area (Å²) in [7, 11) is 2.17. The minimum Gasteiger partial charge on any atom is -0.305 e. The van der Waals surface area contributed by atoms with Gasteiger partial charge in [-0.15, -0.1) is 0 Å². The van der Waals surface area contributed by atoms with Crippen LogP contribution in [0, 0.1) is 5.41 Å². The van der Waals surface area contributed by atoms with E-state index in [1.54, 1.807) is 0 Å². The number of hydrogen-bond donors (Lipinski definition) is 1. The molecule has 0 amide bonds. The molecule has 0 aromatic heterocycles. The second-order valence-electron chi connectivity index (χ2n) is 3.89. The molecule has 58 valence electrons. The Labute approximate surface area is 61.7 Å². The van der Waals surface area contributed by atoms with Crippen molar-refractivity contribution in [3.63, 3.8) is 0 Å². The number of likely N-dealkylation sites (tertiary alicyclic amines) is 1. The van der Waals surface area contributed by atoms with Crippen LogP contribution in [0.3, 0.4) is 0 Å². The molecule has 2 N–H and O–H groups in total. The fourth-order valence-electron chi connectivity index (χ4n) is 2.33. The average molecular weight is 141 g/mol. The minimum absolute atomic E-state index is 0.587. The number of nitrogens with zero attached hydrogens (tertiary/aromatic N) is 2. The highest BCUT2D eigenvalue weighted by Gasteiger charge is 2.45. The highest BCUT2D eigenvalue weighted by Crippen LogP contribution is 2.37. The lowest BCUT2D eigenvalue weighted by molar-refractivity contribution is 0.0308. The van der Waals surface area contributed by atoms with Gasteiger partial charge in [-0.2, -0.15) is 0 Å². The van der Waals surface area contributed by atoms with E-state index >= 15 is 0 Å². The Morgan fingerprint density at radius 2 is 2.00 bits per heavy atom. The first-order chi connectivity index (χ1) is 4.70. The molecule has 0 aromatic rings. The molecule has 2 rings (SSSR count). The second-order valence-corrected chi connectivity index (χ2v) is 3.89. The van der Waals surface area contributed by atoms with Crippen LogP contribution in [0.2, 0.25) is 0 Å². The van der Waals surface area contributed by atoms with E-state index in [9.17, 15) is 0 Å². The SMILES string of the molecule is CN1CC2(CCN(N)C2)C1. The van der Waals surface area contributed by atoms with Gasteiger partial charge in [0.25, 0.3) is 0 Å². The summed E-state index contributed by atoms with van der Waals surface area (Å²) in [6.07, 6.45) is 1.30. The van der Waals surface area contributed by atoms with E-state index in [1.165, 1.54) is 19.5 Å². The summed E-state index contributed by atoms with van der Waals surface area (Å²) in [6, 6.07) is 0. The highest BCUT2D eigenvalue weighted by atomic mass is 15.4. The second kappa shape index (κ2) is 1.94. The van der Waals surface area contributed by atoms with Crippen molar-refractivity contribution in [2.24, 2.45) is 11.3 Å². The smallest absolute Gasteiger partial charge is 0.0210 e. The molecule has 0 saturated carbocycles. The van der Waals surface area contributed by atoms with Gasteiger partial charge in [-0.1, -0.05) is 0 Å². The molecular weight excluding hydrogens is 126 g/mol. The number of hydrogen-bond acceptors (Lipinski definition) is 3. The molecule has 0 bridgehead atoms. The maximum absolute atomic E-state index is 5.68. The van der Waals surface area contributed by atoms with Crippen molar-refractivity contribution in [3.8, 4) is 0 Å². The number of hydrazine groups is 1. The molecule has 2 heterocycles. The molecule has 2 fully saturated rings. The Hall–Kier alpha value is -0.120. The molecule has 2 saturated heterocycles. The molecule has 3 heteroatoms. The summed E-state index contributed by atoms with van der Waals surface area (Å²) in [5.41, 5.74) is 0.587. The van der Waals surface area contributed by atoms with Gasteiger partial charge in [-0.05, 0) is 13.5 Å². The van der Waals surface area contributed by atoms with Gasteiger partial charge >= 0.3 is 0 Å². The monoisotopic (exact) mass is 141 g/mol. The summed E-state index contributed by atoms with van der Waals surface area (Å²) >= 11 is 0. The van der Waals surface area contributed by atoms with Crippen LogP contribution in [0.15, 0.2) is 0 Å².